The average Bonchev–Trinajstić information content (AvgIpc) is 3.02. The maximum absolute atomic E-state index is 12.3. The Bertz CT molecular complexity index is 758. The smallest absolute Gasteiger partial charge is 0.334 e. The lowest BCUT2D eigenvalue weighted by Gasteiger charge is -2.30. The number of esters is 2. The third-order valence-corrected chi connectivity index (χ3v) is 5.15. The van der Waals surface area contributed by atoms with Crippen LogP contribution in [0.4, 0.5) is 0 Å². The second-order valence-corrected chi connectivity index (χ2v) is 7.21. The van der Waals surface area contributed by atoms with E-state index in [4.69, 9.17) is 14.2 Å². The first-order valence-corrected chi connectivity index (χ1v) is 8.66. The zero-order valence-electron chi connectivity index (χ0n) is 15.4. The Balaban J connectivity index is 2.03. The molecule has 0 unspecified atom stereocenters. The van der Waals surface area contributed by atoms with E-state index in [0.717, 1.165) is 11.1 Å². The van der Waals surface area contributed by atoms with Gasteiger partial charge in [0.2, 0.25) is 5.79 Å². The molecule has 0 aromatic rings. The zero-order valence-corrected chi connectivity index (χ0v) is 15.4. The molecule has 0 aromatic carbocycles. The number of rotatable bonds is 2. The minimum atomic E-state index is -1.56. The minimum Gasteiger partial charge on any atom is -0.458 e. The predicted octanol–water partition coefficient (Wildman–Crippen LogP) is 2.35. The summed E-state index contributed by atoms with van der Waals surface area (Å²) in [6, 6.07) is 0. The van der Waals surface area contributed by atoms with Gasteiger partial charge in [0.1, 0.15) is 18.3 Å². The molecule has 6 heteroatoms. The molecular weight excluding hydrogens is 336 g/mol. The van der Waals surface area contributed by atoms with Gasteiger partial charge in [-0.2, -0.15) is 0 Å². The molecule has 1 fully saturated rings. The summed E-state index contributed by atoms with van der Waals surface area (Å²) in [6.45, 7) is 10.9. The van der Waals surface area contributed by atoms with Crippen molar-refractivity contribution in [2.75, 3.05) is 0 Å². The van der Waals surface area contributed by atoms with E-state index in [-0.39, 0.29) is 5.57 Å². The monoisotopic (exact) mass is 360 g/mol. The van der Waals surface area contributed by atoms with Gasteiger partial charge < -0.3 is 19.3 Å². The molecule has 26 heavy (non-hydrogen) atoms. The fourth-order valence-corrected chi connectivity index (χ4v) is 3.75. The van der Waals surface area contributed by atoms with Gasteiger partial charge in [-0.15, -0.1) is 0 Å². The third-order valence-electron chi connectivity index (χ3n) is 5.15. The van der Waals surface area contributed by atoms with Crippen LogP contribution in [0.25, 0.3) is 0 Å². The molecule has 1 N–H and O–H groups in total. The van der Waals surface area contributed by atoms with Crippen molar-refractivity contribution < 1.29 is 28.9 Å². The summed E-state index contributed by atoms with van der Waals surface area (Å²) in [5, 5.41) is 10.7. The maximum Gasteiger partial charge on any atom is 0.334 e. The van der Waals surface area contributed by atoms with Crippen LogP contribution in [0.15, 0.2) is 47.1 Å². The van der Waals surface area contributed by atoms with E-state index in [9.17, 15) is 14.7 Å². The van der Waals surface area contributed by atoms with E-state index in [1.807, 2.05) is 13.8 Å². The van der Waals surface area contributed by atoms with Gasteiger partial charge in [0.15, 0.2) is 0 Å². The van der Waals surface area contributed by atoms with Crippen molar-refractivity contribution in [3.63, 3.8) is 0 Å². The summed E-state index contributed by atoms with van der Waals surface area (Å²) in [6.07, 6.45) is 3.25. The minimum absolute atomic E-state index is 0.257. The molecule has 3 heterocycles. The Morgan fingerprint density at radius 2 is 2.12 bits per heavy atom. The van der Waals surface area contributed by atoms with Crippen LogP contribution in [0.1, 0.15) is 34.1 Å². The molecule has 3 rings (SSSR count). The predicted molar refractivity (Wildman–Crippen MR) is 93.8 cm³/mol. The Hall–Kier alpha value is -2.18. The number of ether oxygens (including phenoxy) is 3. The van der Waals surface area contributed by atoms with Gasteiger partial charge >= 0.3 is 11.9 Å². The number of allylic oxidation sites excluding steroid dienone is 1. The van der Waals surface area contributed by atoms with Crippen molar-refractivity contribution in [3.8, 4) is 0 Å². The van der Waals surface area contributed by atoms with Crippen LogP contribution in [0.5, 0.6) is 0 Å². The molecule has 6 nitrogen and oxygen atoms in total. The van der Waals surface area contributed by atoms with E-state index in [1.165, 1.54) is 0 Å². The van der Waals surface area contributed by atoms with Crippen LogP contribution in [0.3, 0.4) is 0 Å². The number of carbonyl (C=O) groups is 2. The number of carbonyl (C=O) groups excluding carboxylic acids is 2. The fraction of sp³-hybridized carbons (Fsp3) is 0.500. The molecule has 0 amide bonds. The third kappa shape index (κ3) is 3.15. The van der Waals surface area contributed by atoms with Gasteiger partial charge in [-0.1, -0.05) is 18.2 Å². The molecule has 0 aliphatic carbocycles. The summed E-state index contributed by atoms with van der Waals surface area (Å²) in [5.41, 5.74) is 2.27. The second-order valence-electron chi connectivity index (χ2n) is 7.21. The van der Waals surface area contributed by atoms with Crippen LogP contribution in [-0.2, 0) is 23.8 Å². The molecule has 1 saturated heterocycles. The number of hydrogen-bond acceptors (Lipinski definition) is 6. The number of fused-ring (bicyclic) bond motifs is 4. The van der Waals surface area contributed by atoms with Crippen LogP contribution < -0.4 is 0 Å². The molecule has 0 saturated carbocycles. The molecule has 0 radical (unpaired) electrons. The Morgan fingerprint density at radius 3 is 2.77 bits per heavy atom. The molecule has 3 aliphatic heterocycles. The maximum atomic E-state index is 12.3. The van der Waals surface area contributed by atoms with Crippen molar-refractivity contribution >= 4 is 11.9 Å². The van der Waals surface area contributed by atoms with Gasteiger partial charge in [-0.3, -0.25) is 0 Å². The summed E-state index contributed by atoms with van der Waals surface area (Å²) in [4.78, 5) is 24.5. The lowest BCUT2D eigenvalue weighted by Crippen LogP contribution is -2.41. The van der Waals surface area contributed by atoms with Crippen LogP contribution >= 0.6 is 0 Å². The summed E-state index contributed by atoms with van der Waals surface area (Å²) < 4.78 is 17.0. The van der Waals surface area contributed by atoms with Gasteiger partial charge in [-0.25, -0.2) is 9.59 Å². The van der Waals surface area contributed by atoms with Crippen molar-refractivity contribution in [1.82, 2.24) is 0 Å². The van der Waals surface area contributed by atoms with Gasteiger partial charge in [0, 0.05) is 17.6 Å². The number of aliphatic hydroxyl groups is 1. The quantitative estimate of drug-likeness (QED) is 0.462. The molecule has 0 spiro atoms. The first-order valence-electron chi connectivity index (χ1n) is 8.66. The van der Waals surface area contributed by atoms with Gasteiger partial charge in [-0.05, 0) is 45.4 Å². The van der Waals surface area contributed by atoms with E-state index < -0.39 is 42.0 Å². The van der Waals surface area contributed by atoms with Crippen molar-refractivity contribution in [3.05, 3.63) is 47.1 Å². The van der Waals surface area contributed by atoms with Crippen LogP contribution in [0, 0.1) is 5.92 Å². The summed E-state index contributed by atoms with van der Waals surface area (Å²) in [5.74, 6) is -3.09. The van der Waals surface area contributed by atoms with E-state index in [1.54, 1.807) is 32.1 Å². The first kappa shape index (κ1) is 18.6. The average molecular weight is 360 g/mol. The highest BCUT2D eigenvalue weighted by Crippen LogP contribution is 2.43. The lowest BCUT2D eigenvalue weighted by atomic mass is 9.83. The molecule has 2 bridgehead atoms. The second kappa shape index (κ2) is 6.52. The molecule has 0 aromatic heterocycles. The van der Waals surface area contributed by atoms with E-state index >= 15 is 0 Å². The largest absolute Gasteiger partial charge is 0.458 e. The fourth-order valence-electron chi connectivity index (χ4n) is 3.75. The molecule has 5 atom stereocenters. The van der Waals surface area contributed by atoms with Crippen molar-refractivity contribution in [1.29, 1.82) is 0 Å². The Labute approximate surface area is 152 Å². The highest BCUT2D eigenvalue weighted by molar-refractivity contribution is 5.91. The molecule has 3 aliphatic rings. The van der Waals surface area contributed by atoms with Gasteiger partial charge in [0.05, 0.1) is 5.92 Å². The van der Waals surface area contributed by atoms with Crippen LogP contribution in [0.2, 0.25) is 0 Å². The normalized spacial score (nSPS) is 39.0. The van der Waals surface area contributed by atoms with E-state index in [0.29, 0.717) is 12.0 Å². The summed E-state index contributed by atoms with van der Waals surface area (Å²) >= 11 is 0. The Kier molecular flexibility index (Phi) is 4.67. The van der Waals surface area contributed by atoms with Crippen molar-refractivity contribution in [2.45, 2.75) is 58.2 Å². The molecule has 140 valence electrons. The Morgan fingerprint density at radius 1 is 1.42 bits per heavy atom. The SMILES string of the molecule is C=C1C(=O)O[C@H]2[C@H]1[C@@H](OC(=O)/C(C)=C\C)C/C(C)=C/[C@]1(O)C=C(C)[C@@H]2O1. The lowest BCUT2D eigenvalue weighted by molar-refractivity contribution is -0.178. The zero-order chi connectivity index (χ0) is 19.2. The number of hydrogen-bond donors (Lipinski definition) is 1. The highest BCUT2D eigenvalue weighted by atomic mass is 16.7. The van der Waals surface area contributed by atoms with Gasteiger partial charge in [0.25, 0.3) is 0 Å². The van der Waals surface area contributed by atoms with Crippen molar-refractivity contribution in [2.24, 2.45) is 5.92 Å². The van der Waals surface area contributed by atoms with E-state index in [2.05, 4.69) is 6.58 Å². The summed E-state index contributed by atoms with van der Waals surface area (Å²) in [7, 11) is 0. The van der Waals surface area contributed by atoms with Crippen LogP contribution in [-0.4, -0.2) is 41.1 Å². The highest BCUT2D eigenvalue weighted by Gasteiger charge is 2.53. The first-order chi connectivity index (χ1) is 12.1. The topological polar surface area (TPSA) is 82.1 Å². The standard InChI is InChI=1S/C20H24O6/c1-6-11(3)18(21)24-14-7-10(2)8-20(23)9-12(4)16(26-20)17-15(14)13(5)19(22)25-17/h6,8-9,14-17,23H,5,7H2,1-4H3/b10-8+,11-6-/t14-,15+,16-,17-,20+/m0/s1. The molecular formula is C20H24O6.